The van der Waals surface area contributed by atoms with Gasteiger partial charge in [-0.1, -0.05) is 121 Å². The molecule has 220 valence electrons. The number of fused-ring (bicyclic) bond motifs is 13. The van der Waals surface area contributed by atoms with Crippen molar-refractivity contribution in [2.75, 3.05) is 0 Å². The van der Waals surface area contributed by atoms with Gasteiger partial charge < -0.3 is 4.98 Å². The van der Waals surface area contributed by atoms with Gasteiger partial charge in [0.2, 0.25) is 0 Å². The molecule has 5 aliphatic carbocycles. The van der Waals surface area contributed by atoms with E-state index < -0.39 is 5.41 Å². The number of aromatic amines is 1. The van der Waals surface area contributed by atoms with Gasteiger partial charge in [-0.3, -0.25) is 0 Å². The zero-order valence-electron chi connectivity index (χ0n) is 25.9. The van der Waals surface area contributed by atoms with Gasteiger partial charge in [0.15, 0.2) is 0 Å². The van der Waals surface area contributed by atoms with E-state index in [4.69, 9.17) is 0 Å². The minimum Gasteiger partial charge on any atom is -0.354 e. The lowest BCUT2D eigenvalue weighted by Gasteiger charge is -2.43. The van der Waals surface area contributed by atoms with E-state index in [0.717, 1.165) is 16.6 Å². The molecule has 13 rings (SSSR count). The fourth-order valence-electron chi connectivity index (χ4n) is 10.4. The number of hydrogen-bond donors (Lipinski definition) is 1. The molecule has 1 aromatic heterocycles. The molecule has 2 heteroatoms. The first-order valence-corrected chi connectivity index (χ1v) is 16.8. The molecule has 0 saturated heterocycles. The maximum absolute atomic E-state index is 10.7. The van der Waals surface area contributed by atoms with E-state index in [9.17, 15) is 5.26 Å². The van der Waals surface area contributed by atoms with Crippen LogP contribution in [0.15, 0.2) is 140 Å². The van der Waals surface area contributed by atoms with Crippen LogP contribution in [0.25, 0.3) is 44.1 Å². The zero-order chi connectivity index (χ0) is 31.3. The second-order valence-corrected chi connectivity index (χ2v) is 13.9. The number of aromatic nitrogens is 1. The van der Waals surface area contributed by atoms with E-state index in [1.165, 1.54) is 88.7 Å². The number of nitrogens with one attached hydrogen (secondary N) is 1. The minimum atomic E-state index is -0.390. The van der Waals surface area contributed by atoms with Crippen molar-refractivity contribution in [3.8, 4) is 28.3 Å². The summed E-state index contributed by atoms with van der Waals surface area (Å²) in [6, 6.07) is 54.4. The molecule has 2 bridgehead atoms. The Hall–Kier alpha value is -6.17. The van der Waals surface area contributed by atoms with Gasteiger partial charge >= 0.3 is 0 Å². The monoisotopic (exact) mass is 606 g/mol. The fourth-order valence-corrected chi connectivity index (χ4v) is 10.4. The van der Waals surface area contributed by atoms with Crippen LogP contribution in [0.1, 0.15) is 73.0 Å². The highest BCUT2D eigenvalue weighted by atomic mass is 14.7. The normalized spacial score (nSPS) is 17.7. The molecule has 48 heavy (non-hydrogen) atoms. The van der Waals surface area contributed by atoms with Crippen molar-refractivity contribution >= 4 is 21.8 Å². The van der Waals surface area contributed by atoms with Crippen molar-refractivity contribution < 1.29 is 0 Å². The Bertz CT molecular complexity index is 2730. The van der Waals surface area contributed by atoms with Crippen molar-refractivity contribution in [1.29, 1.82) is 5.26 Å². The standard InChI is InChI=1S/C46H26N2/c47-24-25-21-40-44(45-41(25)42-29-14-1-3-16-31(29)43(45)32-17-4-2-15-30(32)42)34-22-33-28-13-7-10-20-37(28)46(38(33)23-39(34)48-40)35-18-8-5-11-26(35)27-12-6-9-19-36(27)46/h1-23,42-43,48H. The summed E-state index contributed by atoms with van der Waals surface area (Å²) < 4.78 is 0. The largest absolute Gasteiger partial charge is 0.354 e. The number of H-pyrrole nitrogens is 1. The third kappa shape index (κ3) is 2.64. The summed E-state index contributed by atoms with van der Waals surface area (Å²) in [4.78, 5) is 3.87. The van der Waals surface area contributed by atoms with Gasteiger partial charge in [0.1, 0.15) is 0 Å². The molecule has 0 unspecified atom stereocenters. The van der Waals surface area contributed by atoms with Crippen LogP contribution in [0.2, 0.25) is 0 Å². The Balaban J connectivity index is 1.23. The molecule has 0 saturated carbocycles. The summed E-state index contributed by atoms with van der Waals surface area (Å²) in [6.07, 6.45) is 0. The highest BCUT2D eigenvalue weighted by Crippen LogP contribution is 2.64. The predicted molar refractivity (Wildman–Crippen MR) is 192 cm³/mol. The van der Waals surface area contributed by atoms with Gasteiger partial charge in [0, 0.05) is 33.6 Å². The number of hydrogen-bond acceptors (Lipinski definition) is 1. The summed E-state index contributed by atoms with van der Waals surface area (Å²) in [5, 5.41) is 13.1. The van der Waals surface area contributed by atoms with Crippen LogP contribution in [0.5, 0.6) is 0 Å². The maximum atomic E-state index is 10.7. The Morgan fingerprint density at radius 3 is 1.50 bits per heavy atom. The van der Waals surface area contributed by atoms with Crippen molar-refractivity contribution in [2.24, 2.45) is 0 Å². The van der Waals surface area contributed by atoms with Gasteiger partial charge in [-0.15, -0.1) is 0 Å². The Morgan fingerprint density at radius 1 is 0.479 bits per heavy atom. The molecular weight excluding hydrogens is 581 g/mol. The van der Waals surface area contributed by atoms with Crippen LogP contribution >= 0.6 is 0 Å². The summed E-state index contributed by atoms with van der Waals surface area (Å²) in [7, 11) is 0. The number of rotatable bonds is 0. The van der Waals surface area contributed by atoms with Crippen molar-refractivity contribution in [2.45, 2.75) is 17.3 Å². The van der Waals surface area contributed by atoms with Gasteiger partial charge in [0.25, 0.3) is 0 Å². The van der Waals surface area contributed by atoms with Gasteiger partial charge in [-0.25, -0.2) is 0 Å². The Labute approximate surface area is 277 Å². The average Bonchev–Trinajstić information content (AvgIpc) is 3.76. The molecule has 0 atom stereocenters. The molecule has 1 N–H and O–H groups in total. The second kappa shape index (κ2) is 8.40. The molecule has 8 aromatic rings. The summed E-state index contributed by atoms with van der Waals surface area (Å²) in [5.41, 5.74) is 21.0. The molecule has 1 spiro atoms. The number of nitrogens with zero attached hydrogens (tertiary/aromatic N) is 1. The highest BCUT2D eigenvalue weighted by molar-refractivity contribution is 6.14. The number of benzene rings is 7. The topological polar surface area (TPSA) is 39.6 Å². The van der Waals surface area contributed by atoms with E-state index in [1.807, 2.05) is 0 Å². The van der Waals surface area contributed by atoms with E-state index in [2.05, 4.69) is 151 Å². The Kier molecular flexibility index (Phi) is 4.37. The first-order chi connectivity index (χ1) is 23.8. The summed E-state index contributed by atoms with van der Waals surface area (Å²) >= 11 is 0. The van der Waals surface area contributed by atoms with Crippen LogP contribution in [0.4, 0.5) is 0 Å². The molecular formula is C46H26N2. The lowest BCUT2D eigenvalue weighted by molar-refractivity contribution is 0.759. The lowest BCUT2D eigenvalue weighted by atomic mass is 9.59. The highest BCUT2D eigenvalue weighted by Gasteiger charge is 2.52. The van der Waals surface area contributed by atoms with Gasteiger partial charge in [0.05, 0.1) is 17.0 Å². The van der Waals surface area contributed by atoms with Crippen LogP contribution in [0, 0.1) is 11.3 Å². The maximum Gasteiger partial charge on any atom is 0.0995 e. The van der Waals surface area contributed by atoms with E-state index in [0.29, 0.717) is 0 Å². The predicted octanol–water partition coefficient (Wildman–Crippen LogP) is 10.5. The van der Waals surface area contributed by atoms with Crippen molar-refractivity contribution in [3.05, 3.63) is 201 Å². The minimum absolute atomic E-state index is 0.0475. The Morgan fingerprint density at radius 2 is 0.958 bits per heavy atom. The molecule has 0 aliphatic heterocycles. The van der Waals surface area contributed by atoms with Gasteiger partial charge in [-0.2, -0.15) is 5.26 Å². The lowest BCUT2D eigenvalue weighted by Crippen LogP contribution is -2.28. The zero-order valence-corrected chi connectivity index (χ0v) is 25.9. The number of nitriles is 1. The van der Waals surface area contributed by atoms with Crippen molar-refractivity contribution in [3.63, 3.8) is 0 Å². The fraction of sp³-hybridized carbons (Fsp3) is 0.0652. The molecule has 5 aliphatic rings. The molecule has 2 nitrogen and oxygen atoms in total. The molecule has 0 amide bonds. The van der Waals surface area contributed by atoms with Crippen LogP contribution < -0.4 is 0 Å². The van der Waals surface area contributed by atoms with Gasteiger partial charge in [-0.05, 0) is 96.1 Å². The summed E-state index contributed by atoms with van der Waals surface area (Å²) in [6.45, 7) is 0. The molecule has 0 fully saturated rings. The smallest absolute Gasteiger partial charge is 0.0995 e. The molecule has 1 heterocycles. The van der Waals surface area contributed by atoms with E-state index >= 15 is 0 Å². The summed E-state index contributed by atoms with van der Waals surface area (Å²) in [5.74, 6) is 0.124. The van der Waals surface area contributed by atoms with Crippen molar-refractivity contribution in [1.82, 2.24) is 4.98 Å². The van der Waals surface area contributed by atoms with Crippen LogP contribution in [0.3, 0.4) is 0 Å². The van der Waals surface area contributed by atoms with Crippen LogP contribution in [-0.4, -0.2) is 4.98 Å². The SMILES string of the molecule is N#Cc1cc2[nH]c3cc4c(cc3c2c2c1C1c3ccccc3C2c2ccccc21)-c1ccccc1C41c2ccccc2-c2ccccc21. The third-order valence-electron chi connectivity index (χ3n) is 12.0. The second-order valence-electron chi connectivity index (χ2n) is 13.9. The van der Waals surface area contributed by atoms with E-state index in [1.54, 1.807) is 0 Å². The van der Waals surface area contributed by atoms with E-state index in [-0.39, 0.29) is 11.8 Å². The molecule has 7 aromatic carbocycles. The molecule has 0 radical (unpaired) electrons. The first-order valence-electron chi connectivity index (χ1n) is 16.8. The van der Waals surface area contributed by atoms with Crippen LogP contribution in [-0.2, 0) is 5.41 Å². The first kappa shape index (κ1) is 25.0. The third-order valence-corrected chi connectivity index (χ3v) is 12.0. The average molecular weight is 607 g/mol. The quantitative estimate of drug-likeness (QED) is 0.183.